The highest BCUT2D eigenvalue weighted by atomic mass is 16.5. The molecule has 0 aliphatic rings. The number of hydrogen-bond donors (Lipinski definition) is 3. The minimum Gasteiger partial charge on any atom is -0.507 e. The summed E-state index contributed by atoms with van der Waals surface area (Å²) in [7, 11) is 1.44. The van der Waals surface area contributed by atoms with Crippen LogP contribution in [-0.4, -0.2) is 23.3 Å². The summed E-state index contributed by atoms with van der Waals surface area (Å²) in [5, 5.41) is 18.0. The number of aromatic hydroxyl groups is 1. The van der Waals surface area contributed by atoms with Crippen LogP contribution in [0.3, 0.4) is 0 Å². The largest absolute Gasteiger partial charge is 0.507 e. The predicted octanol–water partition coefficient (Wildman–Crippen LogP) is 0.610. The summed E-state index contributed by atoms with van der Waals surface area (Å²) in [6, 6.07) is 2.80. The third-order valence-electron chi connectivity index (χ3n) is 1.80. The fourth-order valence-electron chi connectivity index (χ4n) is 1.11. The Kier molecular flexibility index (Phi) is 2.81. The normalized spacial score (nSPS) is 9.79. The Balaban J connectivity index is 3.11. The molecule has 0 amide bonds. The van der Waals surface area contributed by atoms with Crippen molar-refractivity contribution in [2.24, 2.45) is 0 Å². The lowest BCUT2D eigenvalue weighted by atomic mass is 10.1. The fraction of sp³-hybridized carbons (Fsp3) is 0.222. The van der Waals surface area contributed by atoms with Gasteiger partial charge in [-0.1, -0.05) is 0 Å². The summed E-state index contributed by atoms with van der Waals surface area (Å²) in [6.07, 6.45) is -0.304. The number of methoxy groups -OCH3 is 1. The van der Waals surface area contributed by atoms with Crippen LogP contribution < -0.4 is 10.5 Å². The van der Waals surface area contributed by atoms with Crippen molar-refractivity contribution in [3.05, 3.63) is 17.7 Å². The van der Waals surface area contributed by atoms with Crippen molar-refractivity contribution in [2.45, 2.75) is 6.42 Å². The number of aliphatic carboxylic acids is 1. The molecule has 0 atom stereocenters. The van der Waals surface area contributed by atoms with Crippen LogP contribution in [0.4, 0.5) is 5.69 Å². The molecule has 0 saturated carbocycles. The quantitative estimate of drug-likeness (QED) is 0.617. The van der Waals surface area contributed by atoms with Crippen molar-refractivity contribution in [1.29, 1.82) is 0 Å². The van der Waals surface area contributed by atoms with Gasteiger partial charge < -0.3 is 20.7 Å². The van der Waals surface area contributed by atoms with Gasteiger partial charge in [0.1, 0.15) is 11.5 Å². The molecule has 0 radical (unpaired) electrons. The molecule has 0 bridgehead atoms. The number of carboxylic acid groups (broad SMARTS) is 1. The van der Waals surface area contributed by atoms with Crippen LogP contribution in [0.2, 0.25) is 0 Å². The first kappa shape index (κ1) is 10.2. The average molecular weight is 197 g/mol. The summed E-state index contributed by atoms with van der Waals surface area (Å²) in [6.45, 7) is 0. The molecule has 5 nitrogen and oxygen atoms in total. The Hall–Kier alpha value is -1.91. The molecule has 0 aromatic heterocycles. The first-order valence-corrected chi connectivity index (χ1v) is 3.91. The number of rotatable bonds is 3. The highest BCUT2D eigenvalue weighted by Crippen LogP contribution is 2.29. The Bertz CT molecular complexity index is 339. The van der Waals surface area contributed by atoms with E-state index in [1.807, 2.05) is 0 Å². The molecular weight excluding hydrogens is 186 g/mol. The number of nitrogen functional groups attached to an aromatic ring is 1. The SMILES string of the molecule is COc1cc(N)c(CC(=O)O)c(O)c1. The topological polar surface area (TPSA) is 92.8 Å². The zero-order chi connectivity index (χ0) is 10.7. The second-order valence-corrected chi connectivity index (χ2v) is 2.78. The molecule has 4 N–H and O–H groups in total. The molecule has 1 aromatic carbocycles. The van der Waals surface area contributed by atoms with Gasteiger partial charge in [-0.25, -0.2) is 0 Å². The Morgan fingerprint density at radius 1 is 1.57 bits per heavy atom. The van der Waals surface area contributed by atoms with Crippen molar-refractivity contribution in [2.75, 3.05) is 12.8 Å². The van der Waals surface area contributed by atoms with Crippen LogP contribution in [0.1, 0.15) is 5.56 Å². The van der Waals surface area contributed by atoms with Crippen LogP contribution >= 0.6 is 0 Å². The molecule has 0 aliphatic carbocycles. The number of benzene rings is 1. The lowest BCUT2D eigenvalue weighted by Crippen LogP contribution is -2.04. The van der Waals surface area contributed by atoms with Crippen LogP contribution in [0.25, 0.3) is 0 Å². The van der Waals surface area contributed by atoms with E-state index in [1.54, 1.807) is 0 Å². The van der Waals surface area contributed by atoms with Gasteiger partial charge in [0.15, 0.2) is 0 Å². The molecule has 0 fully saturated rings. The lowest BCUT2D eigenvalue weighted by molar-refractivity contribution is -0.136. The maximum atomic E-state index is 10.4. The molecule has 0 saturated heterocycles. The number of anilines is 1. The van der Waals surface area contributed by atoms with Crippen molar-refractivity contribution in [3.63, 3.8) is 0 Å². The molecule has 1 rings (SSSR count). The van der Waals surface area contributed by atoms with E-state index in [4.69, 9.17) is 15.6 Å². The Morgan fingerprint density at radius 3 is 2.64 bits per heavy atom. The second-order valence-electron chi connectivity index (χ2n) is 2.78. The minimum absolute atomic E-state index is 0.163. The van der Waals surface area contributed by atoms with Gasteiger partial charge in [0.05, 0.1) is 13.5 Å². The molecule has 0 spiro atoms. The van der Waals surface area contributed by atoms with Crippen molar-refractivity contribution in [3.8, 4) is 11.5 Å². The maximum absolute atomic E-state index is 10.4. The first-order chi connectivity index (χ1) is 6.54. The number of nitrogens with two attached hydrogens (primary N) is 1. The van der Waals surface area contributed by atoms with Gasteiger partial charge in [0.25, 0.3) is 0 Å². The zero-order valence-electron chi connectivity index (χ0n) is 7.65. The lowest BCUT2D eigenvalue weighted by Gasteiger charge is -2.08. The predicted molar refractivity (Wildman–Crippen MR) is 50.4 cm³/mol. The number of hydrogen-bond acceptors (Lipinski definition) is 4. The van der Waals surface area contributed by atoms with E-state index in [0.29, 0.717) is 5.75 Å². The van der Waals surface area contributed by atoms with Crippen molar-refractivity contribution < 1.29 is 19.7 Å². The maximum Gasteiger partial charge on any atom is 0.308 e. The summed E-state index contributed by atoms with van der Waals surface area (Å²) < 4.78 is 4.85. The van der Waals surface area contributed by atoms with Crippen LogP contribution in [0.15, 0.2) is 12.1 Å². The van der Waals surface area contributed by atoms with Crippen LogP contribution in [-0.2, 0) is 11.2 Å². The van der Waals surface area contributed by atoms with Gasteiger partial charge in [0, 0.05) is 23.4 Å². The van der Waals surface area contributed by atoms with Crippen molar-refractivity contribution in [1.82, 2.24) is 0 Å². The summed E-state index contributed by atoms with van der Waals surface area (Å²) in [5.41, 5.74) is 5.96. The van der Waals surface area contributed by atoms with Crippen LogP contribution in [0.5, 0.6) is 11.5 Å². The summed E-state index contributed by atoms with van der Waals surface area (Å²) in [5.74, 6) is -0.810. The highest BCUT2D eigenvalue weighted by molar-refractivity contribution is 5.75. The van der Waals surface area contributed by atoms with E-state index in [-0.39, 0.29) is 23.4 Å². The van der Waals surface area contributed by atoms with E-state index in [1.165, 1.54) is 19.2 Å². The van der Waals surface area contributed by atoms with Gasteiger partial charge in [0.2, 0.25) is 0 Å². The van der Waals surface area contributed by atoms with E-state index < -0.39 is 5.97 Å². The monoisotopic (exact) mass is 197 g/mol. The fourth-order valence-corrected chi connectivity index (χ4v) is 1.11. The van der Waals surface area contributed by atoms with Gasteiger partial charge in [-0.15, -0.1) is 0 Å². The number of carboxylic acids is 1. The molecule has 0 unspecified atom stereocenters. The van der Waals surface area contributed by atoms with Gasteiger partial charge in [-0.05, 0) is 0 Å². The van der Waals surface area contributed by atoms with Crippen molar-refractivity contribution >= 4 is 11.7 Å². The number of phenolic OH excluding ortho intramolecular Hbond substituents is 1. The standard InChI is InChI=1S/C9H11NO4/c1-14-5-2-7(10)6(4-9(12)13)8(11)3-5/h2-3,11H,4,10H2,1H3,(H,12,13). The molecule has 5 heteroatoms. The highest BCUT2D eigenvalue weighted by Gasteiger charge is 2.11. The van der Waals surface area contributed by atoms with E-state index in [0.717, 1.165) is 0 Å². The third-order valence-corrected chi connectivity index (χ3v) is 1.80. The molecule has 1 aromatic rings. The summed E-state index contributed by atoms with van der Waals surface area (Å²) >= 11 is 0. The summed E-state index contributed by atoms with van der Waals surface area (Å²) in [4.78, 5) is 10.4. The van der Waals surface area contributed by atoms with E-state index >= 15 is 0 Å². The average Bonchev–Trinajstić information content (AvgIpc) is 2.10. The van der Waals surface area contributed by atoms with E-state index in [9.17, 15) is 9.90 Å². The Labute approximate surface area is 80.7 Å². The Morgan fingerprint density at radius 2 is 2.21 bits per heavy atom. The number of phenols is 1. The molecule has 0 aliphatic heterocycles. The van der Waals surface area contributed by atoms with Gasteiger partial charge in [-0.3, -0.25) is 4.79 Å². The third kappa shape index (κ3) is 2.07. The molecular formula is C9H11NO4. The van der Waals surface area contributed by atoms with Gasteiger partial charge >= 0.3 is 5.97 Å². The van der Waals surface area contributed by atoms with Gasteiger partial charge in [-0.2, -0.15) is 0 Å². The zero-order valence-corrected chi connectivity index (χ0v) is 7.65. The molecule has 14 heavy (non-hydrogen) atoms. The number of carbonyl (C=O) groups is 1. The number of ether oxygens (including phenoxy) is 1. The first-order valence-electron chi connectivity index (χ1n) is 3.91. The molecule has 76 valence electrons. The molecule has 0 heterocycles. The van der Waals surface area contributed by atoms with E-state index in [2.05, 4.69) is 0 Å². The minimum atomic E-state index is -1.04. The second kappa shape index (κ2) is 3.87. The smallest absolute Gasteiger partial charge is 0.308 e. The van der Waals surface area contributed by atoms with Crippen LogP contribution in [0, 0.1) is 0 Å².